The summed E-state index contributed by atoms with van der Waals surface area (Å²) in [7, 11) is 0. The summed E-state index contributed by atoms with van der Waals surface area (Å²) in [6.45, 7) is 5.06. The molecule has 0 radical (unpaired) electrons. The molecule has 0 aliphatic heterocycles. The highest BCUT2D eigenvalue weighted by Crippen LogP contribution is 2.18. The Morgan fingerprint density at radius 3 is 2.38 bits per heavy atom. The van der Waals surface area contributed by atoms with Crippen LogP contribution in [0.15, 0.2) is 12.4 Å². The fraction of sp³-hybridized carbons (Fsp3) is 0.636. The highest BCUT2D eigenvalue weighted by molar-refractivity contribution is 14.1. The molecule has 0 fully saturated rings. The van der Waals surface area contributed by atoms with Crippen molar-refractivity contribution < 1.29 is 0 Å². The maximum absolute atomic E-state index is 6.31. The lowest BCUT2D eigenvalue weighted by Gasteiger charge is -2.19. The highest BCUT2D eigenvalue weighted by atomic mass is 127. The zero-order valence-electron chi connectivity index (χ0n) is 9.58. The number of rotatable bonds is 6. The van der Waals surface area contributed by atoms with Gasteiger partial charge in [-0.3, -0.25) is 0 Å². The number of alkyl halides is 1. The van der Waals surface area contributed by atoms with Gasteiger partial charge in [-0.1, -0.05) is 26.7 Å². The van der Waals surface area contributed by atoms with Crippen molar-refractivity contribution in [1.82, 2.24) is 9.97 Å². The number of halogens is 2. The van der Waals surface area contributed by atoms with Crippen molar-refractivity contribution >= 4 is 40.1 Å². The van der Waals surface area contributed by atoms with Crippen molar-refractivity contribution in [2.45, 2.75) is 32.1 Å². The van der Waals surface area contributed by atoms with Gasteiger partial charge in [0.2, 0.25) is 5.95 Å². The molecule has 0 aliphatic carbocycles. The zero-order valence-corrected chi connectivity index (χ0v) is 12.5. The van der Waals surface area contributed by atoms with Crippen molar-refractivity contribution in [3.63, 3.8) is 0 Å². The summed E-state index contributed by atoms with van der Waals surface area (Å²) in [5, 5.41) is 3.30. The monoisotopic (exact) mass is 353 g/mol. The van der Waals surface area contributed by atoms with Crippen LogP contribution in [0.4, 0.5) is 5.95 Å². The Hall–Kier alpha value is -0.100. The molecule has 1 rings (SSSR count). The SMILES string of the molecule is CCC(CC)C(Cl)CNc1ncc(I)cn1. The van der Waals surface area contributed by atoms with Gasteiger partial charge in [0.25, 0.3) is 0 Å². The first-order valence-corrected chi connectivity index (χ1v) is 7.04. The Morgan fingerprint density at radius 1 is 1.31 bits per heavy atom. The van der Waals surface area contributed by atoms with Crippen LogP contribution in [0, 0.1) is 9.49 Å². The van der Waals surface area contributed by atoms with Crippen LogP contribution in [0.25, 0.3) is 0 Å². The lowest BCUT2D eigenvalue weighted by Crippen LogP contribution is -2.23. The molecular formula is C11H17ClIN3. The first-order valence-electron chi connectivity index (χ1n) is 5.52. The van der Waals surface area contributed by atoms with Crippen molar-refractivity contribution in [1.29, 1.82) is 0 Å². The molecule has 0 aliphatic rings. The standard InChI is InChI=1S/C11H17ClIN3/c1-3-8(4-2)10(12)7-16-11-14-5-9(13)6-15-11/h5-6,8,10H,3-4,7H2,1-2H3,(H,14,15,16). The van der Waals surface area contributed by atoms with Gasteiger partial charge in [0.15, 0.2) is 0 Å². The van der Waals surface area contributed by atoms with Crippen molar-refractivity contribution in [3.05, 3.63) is 16.0 Å². The second-order valence-electron chi connectivity index (χ2n) is 3.70. The minimum Gasteiger partial charge on any atom is -0.353 e. The summed E-state index contributed by atoms with van der Waals surface area (Å²) in [6, 6.07) is 0. The Kier molecular flexibility index (Phi) is 6.34. The van der Waals surface area contributed by atoms with Crippen molar-refractivity contribution in [3.8, 4) is 0 Å². The van der Waals surface area contributed by atoms with Crippen LogP contribution in [0.1, 0.15) is 26.7 Å². The molecule has 0 bridgehead atoms. The summed E-state index contributed by atoms with van der Waals surface area (Å²) >= 11 is 8.49. The van der Waals surface area contributed by atoms with Gasteiger partial charge in [0.05, 0.1) is 5.38 Å². The molecule has 1 N–H and O–H groups in total. The van der Waals surface area contributed by atoms with Gasteiger partial charge in [0.1, 0.15) is 0 Å². The van der Waals surface area contributed by atoms with Gasteiger partial charge >= 0.3 is 0 Å². The predicted octanol–water partition coefficient (Wildman–Crippen LogP) is 3.54. The molecule has 0 spiro atoms. The summed E-state index contributed by atoms with van der Waals surface area (Å²) in [6.07, 6.45) is 5.80. The first kappa shape index (κ1) is 14.0. The van der Waals surface area contributed by atoms with E-state index < -0.39 is 0 Å². The average Bonchev–Trinajstić information content (AvgIpc) is 2.30. The molecular weight excluding hydrogens is 336 g/mol. The number of nitrogens with one attached hydrogen (secondary N) is 1. The number of hydrogen-bond acceptors (Lipinski definition) is 3. The highest BCUT2D eigenvalue weighted by Gasteiger charge is 2.15. The third-order valence-electron chi connectivity index (χ3n) is 2.64. The van der Waals surface area contributed by atoms with Gasteiger partial charge < -0.3 is 5.32 Å². The molecule has 90 valence electrons. The van der Waals surface area contributed by atoms with Crippen LogP contribution in [-0.2, 0) is 0 Å². The van der Waals surface area contributed by atoms with E-state index in [9.17, 15) is 0 Å². The van der Waals surface area contributed by atoms with Crippen LogP contribution >= 0.6 is 34.2 Å². The van der Waals surface area contributed by atoms with E-state index in [-0.39, 0.29) is 5.38 Å². The molecule has 1 aromatic rings. The van der Waals surface area contributed by atoms with E-state index >= 15 is 0 Å². The Labute approximate surface area is 116 Å². The largest absolute Gasteiger partial charge is 0.353 e. The van der Waals surface area contributed by atoms with Crippen molar-refractivity contribution in [2.75, 3.05) is 11.9 Å². The van der Waals surface area contributed by atoms with E-state index in [1.165, 1.54) is 0 Å². The van der Waals surface area contributed by atoms with Crippen LogP contribution in [0.2, 0.25) is 0 Å². The second-order valence-corrected chi connectivity index (χ2v) is 5.50. The molecule has 0 saturated carbocycles. The average molecular weight is 354 g/mol. The topological polar surface area (TPSA) is 37.8 Å². The van der Waals surface area contributed by atoms with Crippen LogP contribution in [0.3, 0.4) is 0 Å². The molecule has 0 aromatic carbocycles. The Bertz CT molecular complexity index is 301. The lowest BCUT2D eigenvalue weighted by molar-refractivity contribution is 0.475. The normalized spacial score (nSPS) is 12.8. The van der Waals surface area contributed by atoms with E-state index in [0.717, 1.165) is 16.4 Å². The van der Waals surface area contributed by atoms with Gasteiger partial charge in [0, 0.05) is 22.5 Å². The van der Waals surface area contributed by atoms with Crippen LogP contribution in [0.5, 0.6) is 0 Å². The van der Waals surface area contributed by atoms with Gasteiger partial charge in [-0.2, -0.15) is 0 Å². The van der Waals surface area contributed by atoms with Crippen LogP contribution < -0.4 is 5.32 Å². The number of aromatic nitrogens is 2. The number of nitrogens with zero attached hydrogens (tertiary/aromatic N) is 2. The first-order chi connectivity index (χ1) is 7.67. The molecule has 1 atom stereocenters. The molecule has 1 unspecified atom stereocenters. The summed E-state index contributed by atoms with van der Waals surface area (Å²) in [5.41, 5.74) is 0. The smallest absolute Gasteiger partial charge is 0.222 e. The number of anilines is 1. The predicted molar refractivity (Wildman–Crippen MR) is 77.0 cm³/mol. The molecule has 16 heavy (non-hydrogen) atoms. The summed E-state index contributed by atoms with van der Waals surface area (Å²) < 4.78 is 1.03. The molecule has 3 nitrogen and oxygen atoms in total. The zero-order chi connectivity index (χ0) is 12.0. The van der Waals surface area contributed by atoms with Gasteiger partial charge in [-0.25, -0.2) is 9.97 Å². The van der Waals surface area contributed by atoms with Gasteiger partial charge in [-0.15, -0.1) is 11.6 Å². The molecule has 1 aromatic heterocycles. The second kappa shape index (κ2) is 7.27. The van der Waals surface area contributed by atoms with E-state index in [2.05, 4.69) is 51.7 Å². The van der Waals surface area contributed by atoms with E-state index in [1.54, 1.807) is 12.4 Å². The number of hydrogen-bond donors (Lipinski definition) is 1. The molecule has 0 amide bonds. The third-order valence-corrected chi connectivity index (χ3v) is 3.70. The fourth-order valence-electron chi connectivity index (χ4n) is 1.56. The summed E-state index contributed by atoms with van der Waals surface area (Å²) in [4.78, 5) is 8.35. The van der Waals surface area contributed by atoms with E-state index in [1.807, 2.05) is 0 Å². The molecule has 1 heterocycles. The van der Waals surface area contributed by atoms with E-state index in [0.29, 0.717) is 18.4 Å². The maximum Gasteiger partial charge on any atom is 0.222 e. The van der Waals surface area contributed by atoms with E-state index in [4.69, 9.17) is 11.6 Å². The molecule has 0 saturated heterocycles. The van der Waals surface area contributed by atoms with Crippen LogP contribution in [-0.4, -0.2) is 21.9 Å². The third kappa shape index (κ3) is 4.41. The lowest BCUT2D eigenvalue weighted by atomic mass is 9.99. The minimum absolute atomic E-state index is 0.137. The minimum atomic E-state index is 0.137. The summed E-state index contributed by atoms with van der Waals surface area (Å²) in [5.74, 6) is 1.20. The maximum atomic E-state index is 6.31. The molecule has 5 heteroatoms. The quantitative estimate of drug-likeness (QED) is 0.628. The van der Waals surface area contributed by atoms with Gasteiger partial charge in [-0.05, 0) is 28.5 Å². The Balaban J connectivity index is 2.42. The Morgan fingerprint density at radius 2 is 1.88 bits per heavy atom. The fourth-order valence-corrected chi connectivity index (χ4v) is 2.27. The van der Waals surface area contributed by atoms with Crippen molar-refractivity contribution in [2.24, 2.45) is 5.92 Å².